The Labute approximate surface area is 170 Å². The summed E-state index contributed by atoms with van der Waals surface area (Å²) in [6, 6.07) is 2.21. The molecule has 1 saturated heterocycles. The van der Waals surface area contributed by atoms with Crippen LogP contribution in [-0.4, -0.2) is 57.3 Å². The van der Waals surface area contributed by atoms with Gasteiger partial charge in [-0.3, -0.25) is 14.4 Å². The number of rotatable bonds is 4. The van der Waals surface area contributed by atoms with E-state index in [2.05, 4.69) is 18.8 Å². The zero-order valence-electron chi connectivity index (χ0n) is 17.4. The molecule has 1 atom stereocenters. The Kier molecular flexibility index (Phi) is 6.20. The lowest BCUT2D eigenvalue weighted by atomic mass is 10.2. The van der Waals surface area contributed by atoms with Gasteiger partial charge < -0.3 is 18.8 Å². The van der Waals surface area contributed by atoms with Crippen molar-refractivity contribution in [3.63, 3.8) is 0 Å². The summed E-state index contributed by atoms with van der Waals surface area (Å²) in [6.45, 7) is 9.55. The van der Waals surface area contributed by atoms with Crippen molar-refractivity contribution in [1.82, 2.24) is 19.4 Å². The molecule has 29 heavy (non-hydrogen) atoms. The number of hydrogen-bond acceptors (Lipinski definition) is 5. The van der Waals surface area contributed by atoms with Gasteiger partial charge in [0.15, 0.2) is 11.2 Å². The van der Waals surface area contributed by atoms with Crippen LogP contribution in [0.15, 0.2) is 33.7 Å². The van der Waals surface area contributed by atoms with Crippen LogP contribution in [0.1, 0.15) is 61.3 Å². The lowest BCUT2D eigenvalue weighted by molar-refractivity contribution is -0.134. The molecule has 1 fully saturated rings. The van der Waals surface area contributed by atoms with E-state index in [0.29, 0.717) is 38.4 Å². The van der Waals surface area contributed by atoms with E-state index in [0.717, 1.165) is 5.82 Å². The van der Waals surface area contributed by atoms with E-state index in [-0.39, 0.29) is 35.0 Å². The van der Waals surface area contributed by atoms with E-state index in [1.54, 1.807) is 22.9 Å². The molecule has 8 nitrogen and oxygen atoms in total. The van der Waals surface area contributed by atoms with Crippen molar-refractivity contribution in [2.75, 3.05) is 26.2 Å². The summed E-state index contributed by atoms with van der Waals surface area (Å²) in [5.74, 6) is 1.25. The first-order valence-electron chi connectivity index (χ1n) is 10.0. The van der Waals surface area contributed by atoms with Gasteiger partial charge in [0.05, 0.1) is 0 Å². The SMILES string of the molecule is Cc1cc(=O)cc(C(=O)N2CCCN(C(=O)C(C)n3ccnc3C(C)C)CC2)o1. The monoisotopic (exact) mass is 400 g/mol. The van der Waals surface area contributed by atoms with Crippen molar-refractivity contribution in [3.05, 3.63) is 52.1 Å². The van der Waals surface area contributed by atoms with E-state index in [1.165, 1.54) is 12.1 Å². The molecule has 0 spiro atoms. The topological polar surface area (TPSA) is 88.7 Å². The quantitative estimate of drug-likeness (QED) is 0.785. The molecule has 2 amide bonds. The maximum Gasteiger partial charge on any atom is 0.289 e. The van der Waals surface area contributed by atoms with Crippen LogP contribution < -0.4 is 5.43 Å². The Balaban J connectivity index is 1.69. The zero-order valence-corrected chi connectivity index (χ0v) is 17.4. The van der Waals surface area contributed by atoms with Crippen LogP contribution in [-0.2, 0) is 4.79 Å². The Morgan fingerprint density at radius 2 is 1.76 bits per heavy atom. The van der Waals surface area contributed by atoms with Crippen LogP contribution in [0.4, 0.5) is 0 Å². The number of carbonyl (C=O) groups excluding carboxylic acids is 2. The lowest BCUT2D eigenvalue weighted by Gasteiger charge is -2.26. The number of aromatic nitrogens is 2. The Bertz CT molecular complexity index is 946. The highest BCUT2D eigenvalue weighted by molar-refractivity contribution is 5.91. The van der Waals surface area contributed by atoms with Crippen LogP contribution in [0.2, 0.25) is 0 Å². The number of aryl methyl sites for hydroxylation is 1. The molecule has 0 aromatic carbocycles. The summed E-state index contributed by atoms with van der Waals surface area (Å²) < 4.78 is 7.35. The van der Waals surface area contributed by atoms with Gasteiger partial charge in [0, 0.05) is 56.6 Å². The summed E-state index contributed by atoms with van der Waals surface area (Å²) in [4.78, 5) is 45.3. The highest BCUT2D eigenvalue weighted by Crippen LogP contribution is 2.20. The minimum Gasteiger partial charge on any atom is -0.456 e. The second-order valence-electron chi connectivity index (χ2n) is 7.76. The highest BCUT2D eigenvalue weighted by atomic mass is 16.3. The molecule has 1 aliphatic heterocycles. The van der Waals surface area contributed by atoms with Gasteiger partial charge in [-0.25, -0.2) is 4.98 Å². The third-order valence-corrected chi connectivity index (χ3v) is 5.19. The fourth-order valence-electron chi connectivity index (χ4n) is 3.69. The van der Waals surface area contributed by atoms with E-state index in [4.69, 9.17) is 4.42 Å². The van der Waals surface area contributed by atoms with Crippen molar-refractivity contribution in [2.45, 2.75) is 46.1 Å². The van der Waals surface area contributed by atoms with Crippen LogP contribution in [0.5, 0.6) is 0 Å². The van der Waals surface area contributed by atoms with E-state index in [1.807, 2.05) is 17.7 Å². The molecular formula is C21H28N4O4. The first kappa shape index (κ1) is 20.8. The Morgan fingerprint density at radius 3 is 2.45 bits per heavy atom. The van der Waals surface area contributed by atoms with Crippen molar-refractivity contribution >= 4 is 11.8 Å². The molecule has 2 aromatic heterocycles. The summed E-state index contributed by atoms with van der Waals surface area (Å²) in [5, 5.41) is 0. The van der Waals surface area contributed by atoms with Gasteiger partial charge in [0.2, 0.25) is 5.91 Å². The maximum atomic E-state index is 13.1. The number of carbonyl (C=O) groups is 2. The largest absolute Gasteiger partial charge is 0.456 e. The molecule has 1 unspecified atom stereocenters. The van der Waals surface area contributed by atoms with E-state index in [9.17, 15) is 14.4 Å². The summed E-state index contributed by atoms with van der Waals surface area (Å²) >= 11 is 0. The Hall–Kier alpha value is -2.90. The zero-order chi connectivity index (χ0) is 21.1. The molecule has 8 heteroatoms. The molecule has 0 saturated carbocycles. The van der Waals surface area contributed by atoms with Crippen molar-refractivity contribution < 1.29 is 14.0 Å². The molecule has 156 valence electrons. The highest BCUT2D eigenvalue weighted by Gasteiger charge is 2.28. The molecule has 0 radical (unpaired) electrons. The third-order valence-electron chi connectivity index (χ3n) is 5.19. The number of imidazole rings is 1. The third kappa shape index (κ3) is 4.58. The summed E-state index contributed by atoms with van der Waals surface area (Å²) in [5.41, 5.74) is -0.251. The normalized spacial score (nSPS) is 16.0. The number of hydrogen-bond donors (Lipinski definition) is 0. The smallest absolute Gasteiger partial charge is 0.289 e. The van der Waals surface area contributed by atoms with E-state index < -0.39 is 0 Å². The van der Waals surface area contributed by atoms with Crippen LogP contribution >= 0.6 is 0 Å². The molecule has 0 bridgehead atoms. The second-order valence-corrected chi connectivity index (χ2v) is 7.76. The minimum atomic E-state index is -0.355. The summed E-state index contributed by atoms with van der Waals surface area (Å²) in [7, 11) is 0. The van der Waals surface area contributed by atoms with Gasteiger partial charge in [-0.2, -0.15) is 0 Å². The lowest BCUT2D eigenvalue weighted by Crippen LogP contribution is -2.40. The van der Waals surface area contributed by atoms with Gasteiger partial charge in [0.1, 0.15) is 17.6 Å². The number of amides is 2. The van der Waals surface area contributed by atoms with Gasteiger partial charge in [0.25, 0.3) is 5.91 Å². The predicted molar refractivity (Wildman–Crippen MR) is 108 cm³/mol. The van der Waals surface area contributed by atoms with Gasteiger partial charge in [-0.05, 0) is 20.3 Å². The first-order chi connectivity index (χ1) is 13.8. The second kappa shape index (κ2) is 8.63. The fraction of sp³-hybridized carbons (Fsp3) is 0.524. The average Bonchev–Trinajstić information content (AvgIpc) is 3.04. The summed E-state index contributed by atoms with van der Waals surface area (Å²) in [6.07, 6.45) is 4.23. The molecule has 0 aliphatic carbocycles. The maximum absolute atomic E-state index is 13.1. The predicted octanol–water partition coefficient (Wildman–Crippen LogP) is 2.20. The van der Waals surface area contributed by atoms with Crippen LogP contribution in [0.3, 0.4) is 0 Å². The van der Waals surface area contributed by atoms with Crippen molar-refractivity contribution in [1.29, 1.82) is 0 Å². The van der Waals surface area contributed by atoms with Gasteiger partial charge >= 0.3 is 0 Å². The molecule has 2 aromatic rings. The van der Waals surface area contributed by atoms with E-state index >= 15 is 0 Å². The molecule has 1 aliphatic rings. The molecule has 3 heterocycles. The average molecular weight is 400 g/mol. The van der Waals surface area contributed by atoms with Gasteiger partial charge in [-0.1, -0.05) is 13.8 Å². The van der Waals surface area contributed by atoms with Crippen LogP contribution in [0.25, 0.3) is 0 Å². The van der Waals surface area contributed by atoms with Gasteiger partial charge in [-0.15, -0.1) is 0 Å². The minimum absolute atomic E-state index is 0.0151. The van der Waals surface area contributed by atoms with Crippen molar-refractivity contribution in [3.8, 4) is 0 Å². The Morgan fingerprint density at radius 1 is 1.07 bits per heavy atom. The first-order valence-corrected chi connectivity index (χ1v) is 10.0. The molecule has 0 N–H and O–H groups in total. The standard InChI is InChI=1S/C21H28N4O4/c1-14(2)19-22-6-9-25(19)16(4)20(27)23-7-5-8-24(11-10-23)21(28)18-13-17(26)12-15(3)29-18/h6,9,12-14,16H,5,7-8,10-11H2,1-4H3. The van der Waals surface area contributed by atoms with Crippen molar-refractivity contribution in [2.24, 2.45) is 0 Å². The fourth-order valence-corrected chi connectivity index (χ4v) is 3.69. The van der Waals surface area contributed by atoms with Crippen LogP contribution in [0, 0.1) is 6.92 Å². The number of nitrogens with zero attached hydrogens (tertiary/aromatic N) is 4. The molecule has 3 rings (SSSR count). The molecular weight excluding hydrogens is 372 g/mol.